The zero-order valence-electron chi connectivity index (χ0n) is 32.6. The van der Waals surface area contributed by atoms with E-state index in [1.54, 1.807) is 6.08 Å². The van der Waals surface area contributed by atoms with Crippen LogP contribution in [0.25, 0.3) is 0 Å². The van der Waals surface area contributed by atoms with E-state index in [0.29, 0.717) is 6.42 Å². The number of amides is 1. The van der Waals surface area contributed by atoms with Crippen LogP contribution in [0.2, 0.25) is 0 Å². The van der Waals surface area contributed by atoms with E-state index in [2.05, 4.69) is 92.1 Å². The summed E-state index contributed by atoms with van der Waals surface area (Å²) in [6.07, 6.45) is 59.8. The Labute approximate surface area is 310 Å². The van der Waals surface area contributed by atoms with Crippen molar-refractivity contribution in [2.75, 3.05) is 6.61 Å². The fourth-order valence-corrected chi connectivity index (χ4v) is 5.68. The van der Waals surface area contributed by atoms with Gasteiger partial charge in [0.25, 0.3) is 0 Å². The summed E-state index contributed by atoms with van der Waals surface area (Å²) in [4.78, 5) is 12.3. The highest BCUT2D eigenvalue weighted by molar-refractivity contribution is 5.76. The third kappa shape index (κ3) is 36.8. The number of hydrogen-bond acceptors (Lipinski definition) is 3. The zero-order chi connectivity index (χ0) is 36.4. The van der Waals surface area contributed by atoms with Crippen LogP contribution < -0.4 is 5.32 Å². The number of carbonyl (C=O) groups is 1. The Hall–Kier alpha value is -2.43. The van der Waals surface area contributed by atoms with Crippen molar-refractivity contribution in [2.24, 2.45) is 0 Å². The van der Waals surface area contributed by atoms with Crippen LogP contribution in [0.4, 0.5) is 0 Å². The summed E-state index contributed by atoms with van der Waals surface area (Å²) in [5.41, 5.74) is 0. The van der Waals surface area contributed by atoms with Crippen LogP contribution >= 0.6 is 0 Å². The maximum absolute atomic E-state index is 12.3. The first kappa shape index (κ1) is 47.6. The lowest BCUT2D eigenvalue weighted by molar-refractivity contribution is -0.123. The lowest BCUT2D eigenvalue weighted by Gasteiger charge is -2.19. The minimum atomic E-state index is -0.872. The van der Waals surface area contributed by atoms with Crippen LogP contribution in [0.3, 0.4) is 0 Å². The Morgan fingerprint density at radius 1 is 0.500 bits per heavy atom. The van der Waals surface area contributed by atoms with Crippen molar-refractivity contribution in [1.82, 2.24) is 5.32 Å². The van der Waals surface area contributed by atoms with Gasteiger partial charge in [-0.05, 0) is 77.0 Å². The molecule has 3 N–H and O–H groups in total. The highest BCUT2D eigenvalue weighted by Crippen LogP contribution is 2.14. The van der Waals surface area contributed by atoms with E-state index in [0.717, 1.165) is 70.6 Å². The lowest BCUT2D eigenvalue weighted by Crippen LogP contribution is -2.45. The van der Waals surface area contributed by atoms with Crippen LogP contribution in [0.1, 0.15) is 181 Å². The molecule has 2 unspecified atom stereocenters. The van der Waals surface area contributed by atoms with Crippen molar-refractivity contribution in [3.8, 4) is 0 Å². The Kier molecular flexibility index (Phi) is 39.0. The molecule has 0 radical (unpaired) electrons. The summed E-state index contributed by atoms with van der Waals surface area (Å²) in [5.74, 6) is -0.0849. The molecule has 0 aromatic carbocycles. The molecule has 2 atom stereocenters. The van der Waals surface area contributed by atoms with Gasteiger partial charge in [-0.3, -0.25) is 4.79 Å². The lowest BCUT2D eigenvalue weighted by atomic mass is 10.0. The van der Waals surface area contributed by atoms with Crippen LogP contribution in [-0.4, -0.2) is 34.9 Å². The van der Waals surface area contributed by atoms with Crippen molar-refractivity contribution in [1.29, 1.82) is 0 Å². The second-order valence-corrected chi connectivity index (χ2v) is 13.7. The second-order valence-electron chi connectivity index (χ2n) is 13.7. The Balaban J connectivity index is 3.57. The molecule has 0 aliphatic rings. The molecule has 0 aromatic heterocycles. The van der Waals surface area contributed by atoms with Gasteiger partial charge in [0.2, 0.25) is 5.91 Å². The maximum Gasteiger partial charge on any atom is 0.220 e. The summed E-state index contributed by atoms with van der Waals surface area (Å²) in [6.45, 7) is 4.09. The standard InChI is InChI=1S/C46H79NO3/c1-3-5-7-9-11-13-15-16-17-18-19-20-21-22-23-24-25-26-27-28-29-30-32-34-36-38-40-42-46(50)47-44(43-48)45(49)41-39-37-35-33-31-14-12-10-8-6-4-2/h5,7-8,10-11,13,16-17,19-20,31,33,39,41,44-45,48-49H,3-4,6,9,12,14-15,18,21-30,32,34-38,40,42-43H2,1-2H3,(H,47,50)/b7-5-,10-8+,13-11-,17-16-,20-19-,33-31+,41-39+. The molecule has 50 heavy (non-hydrogen) atoms. The van der Waals surface area contributed by atoms with E-state index in [1.807, 2.05) is 6.08 Å². The molecule has 0 aliphatic carbocycles. The number of allylic oxidation sites excluding steroid dienone is 13. The molecule has 0 rings (SSSR count). The summed E-state index contributed by atoms with van der Waals surface area (Å²) < 4.78 is 0. The molecule has 0 spiro atoms. The monoisotopic (exact) mass is 694 g/mol. The smallest absolute Gasteiger partial charge is 0.220 e. The average Bonchev–Trinajstić information content (AvgIpc) is 3.12. The van der Waals surface area contributed by atoms with Gasteiger partial charge in [-0.25, -0.2) is 0 Å². The number of aliphatic hydroxyl groups is 2. The second kappa shape index (κ2) is 41.0. The van der Waals surface area contributed by atoms with Crippen molar-refractivity contribution < 1.29 is 15.0 Å². The van der Waals surface area contributed by atoms with Crippen molar-refractivity contribution >= 4 is 5.91 Å². The SMILES string of the molecule is CC/C=C\C/C=C\C/C=C\C/C=C\CCCCCCCCCCCCCCCCC(=O)NC(CO)C(O)/C=C/CC/C=C/CC/C=C/CCC. The van der Waals surface area contributed by atoms with Gasteiger partial charge in [-0.2, -0.15) is 0 Å². The number of rotatable bonds is 36. The van der Waals surface area contributed by atoms with Crippen LogP contribution in [0, 0.1) is 0 Å². The summed E-state index contributed by atoms with van der Waals surface area (Å²) >= 11 is 0. The molecule has 0 fully saturated rings. The van der Waals surface area contributed by atoms with Crippen LogP contribution in [0.5, 0.6) is 0 Å². The fraction of sp³-hybridized carbons (Fsp3) is 0.674. The minimum absolute atomic E-state index is 0.0849. The molecule has 4 nitrogen and oxygen atoms in total. The Morgan fingerprint density at radius 3 is 1.38 bits per heavy atom. The highest BCUT2D eigenvalue weighted by Gasteiger charge is 2.17. The van der Waals surface area contributed by atoms with Gasteiger partial charge in [0.05, 0.1) is 18.8 Å². The molecule has 0 heterocycles. The third-order valence-corrected chi connectivity index (χ3v) is 8.82. The van der Waals surface area contributed by atoms with E-state index < -0.39 is 12.1 Å². The van der Waals surface area contributed by atoms with Gasteiger partial charge in [0.1, 0.15) is 0 Å². The van der Waals surface area contributed by atoms with Gasteiger partial charge in [0, 0.05) is 6.42 Å². The number of aliphatic hydroxyl groups excluding tert-OH is 2. The number of hydrogen-bond donors (Lipinski definition) is 3. The molecule has 286 valence electrons. The first-order valence-corrected chi connectivity index (χ1v) is 20.8. The molecule has 1 amide bonds. The molecule has 0 aliphatic heterocycles. The number of unbranched alkanes of at least 4 members (excludes halogenated alkanes) is 17. The first-order chi connectivity index (χ1) is 24.7. The molecule has 4 heteroatoms. The van der Waals surface area contributed by atoms with E-state index in [-0.39, 0.29) is 12.5 Å². The van der Waals surface area contributed by atoms with Crippen molar-refractivity contribution in [3.05, 3.63) is 85.1 Å². The van der Waals surface area contributed by atoms with E-state index in [4.69, 9.17) is 0 Å². The van der Waals surface area contributed by atoms with Gasteiger partial charge in [-0.15, -0.1) is 0 Å². The zero-order valence-corrected chi connectivity index (χ0v) is 32.6. The quantitative estimate of drug-likeness (QED) is 0.0452. The molecular weight excluding hydrogens is 615 g/mol. The van der Waals surface area contributed by atoms with Gasteiger partial charge >= 0.3 is 0 Å². The van der Waals surface area contributed by atoms with Crippen molar-refractivity contribution in [2.45, 2.75) is 193 Å². The normalized spacial score (nSPS) is 13.9. The van der Waals surface area contributed by atoms with E-state index >= 15 is 0 Å². The Morgan fingerprint density at radius 2 is 0.900 bits per heavy atom. The number of nitrogens with one attached hydrogen (secondary N) is 1. The van der Waals surface area contributed by atoms with Gasteiger partial charge in [-0.1, -0.05) is 182 Å². The maximum atomic E-state index is 12.3. The van der Waals surface area contributed by atoms with Gasteiger partial charge < -0.3 is 15.5 Å². The highest BCUT2D eigenvalue weighted by atomic mass is 16.3. The van der Waals surface area contributed by atoms with Gasteiger partial charge in [0.15, 0.2) is 0 Å². The number of carbonyl (C=O) groups excluding carboxylic acids is 1. The average molecular weight is 694 g/mol. The molecular formula is C46H79NO3. The largest absolute Gasteiger partial charge is 0.394 e. The topological polar surface area (TPSA) is 69.6 Å². The van der Waals surface area contributed by atoms with E-state index in [1.165, 1.54) is 89.9 Å². The third-order valence-electron chi connectivity index (χ3n) is 8.82. The molecule has 0 aromatic rings. The van der Waals surface area contributed by atoms with Crippen molar-refractivity contribution in [3.63, 3.8) is 0 Å². The van der Waals surface area contributed by atoms with E-state index in [9.17, 15) is 15.0 Å². The predicted octanol–water partition coefficient (Wildman–Crippen LogP) is 12.9. The van der Waals surface area contributed by atoms with Crippen LogP contribution in [0.15, 0.2) is 85.1 Å². The summed E-state index contributed by atoms with van der Waals surface area (Å²) in [6, 6.07) is -0.647. The predicted molar refractivity (Wildman–Crippen MR) is 220 cm³/mol. The summed E-state index contributed by atoms with van der Waals surface area (Å²) in [7, 11) is 0. The molecule has 0 saturated heterocycles. The molecule has 0 bridgehead atoms. The summed E-state index contributed by atoms with van der Waals surface area (Å²) in [5, 5.41) is 22.9. The Bertz CT molecular complexity index is 926. The molecule has 0 saturated carbocycles. The fourth-order valence-electron chi connectivity index (χ4n) is 5.68. The minimum Gasteiger partial charge on any atom is -0.394 e. The first-order valence-electron chi connectivity index (χ1n) is 20.8. The van der Waals surface area contributed by atoms with Crippen LogP contribution in [-0.2, 0) is 4.79 Å².